The van der Waals surface area contributed by atoms with Crippen molar-refractivity contribution in [3.8, 4) is 5.75 Å². The van der Waals surface area contributed by atoms with Crippen molar-refractivity contribution < 1.29 is 9.53 Å². The molecule has 0 aliphatic rings. The summed E-state index contributed by atoms with van der Waals surface area (Å²) in [4.78, 5) is 13.7. The first kappa shape index (κ1) is 17.9. The molecule has 0 heterocycles. The highest BCUT2D eigenvalue weighted by Crippen LogP contribution is 2.24. The van der Waals surface area contributed by atoms with Gasteiger partial charge in [0.1, 0.15) is 12.4 Å². The minimum absolute atomic E-state index is 0.133. The molecule has 1 N–H and O–H groups in total. The van der Waals surface area contributed by atoms with Crippen LogP contribution in [-0.2, 0) is 5.41 Å². The number of hydrogen-bond donors (Lipinski definition) is 1. The summed E-state index contributed by atoms with van der Waals surface area (Å²) < 4.78 is 5.68. The van der Waals surface area contributed by atoms with Gasteiger partial charge in [0, 0.05) is 12.7 Å². The van der Waals surface area contributed by atoms with Crippen molar-refractivity contribution >= 4 is 11.7 Å². The summed E-state index contributed by atoms with van der Waals surface area (Å²) in [6.07, 6.45) is 0. The second kappa shape index (κ2) is 7.86. The molecule has 2 aromatic carbocycles. The fourth-order valence-electron chi connectivity index (χ4n) is 2.27. The van der Waals surface area contributed by atoms with Crippen LogP contribution in [0.3, 0.4) is 0 Å². The molecule has 0 aliphatic heterocycles. The van der Waals surface area contributed by atoms with Crippen LogP contribution in [0.4, 0.5) is 10.5 Å². The number of ether oxygens (including phenoxy) is 1. The van der Waals surface area contributed by atoms with E-state index < -0.39 is 0 Å². The van der Waals surface area contributed by atoms with Crippen molar-refractivity contribution in [3.63, 3.8) is 0 Å². The smallest absolute Gasteiger partial charge is 0.321 e. The Balaban J connectivity index is 1.75. The quantitative estimate of drug-likeness (QED) is 0.836. The van der Waals surface area contributed by atoms with Crippen molar-refractivity contribution in [3.05, 3.63) is 60.2 Å². The van der Waals surface area contributed by atoms with Gasteiger partial charge in [0.05, 0.1) is 6.54 Å². The molecule has 0 atom stereocenters. The fraction of sp³-hybridized carbons (Fsp3) is 0.350. The topological polar surface area (TPSA) is 41.6 Å². The summed E-state index contributed by atoms with van der Waals surface area (Å²) in [5.41, 5.74) is 2.26. The highest BCUT2D eigenvalue weighted by molar-refractivity contribution is 5.91. The van der Waals surface area contributed by atoms with Gasteiger partial charge in [-0.15, -0.1) is 0 Å². The summed E-state index contributed by atoms with van der Waals surface area (Å²) in [5, 5.41) is 2.85. The third-order valence-electron chi connectivity index (χ3n) is 3.82. The van der Waals surface area contributed by atoms with Crippen molar-refractivity contribution in [1.82, 2.24) is 5.32 Å². The Bertz CT molecular complexity index is 646. The van der Waals surface area contributed by atoms with E-state index >= 15 is 0 Å². The van der Waals surface area contributed by atoms with Crippen LogP contribution in [0.25, 0.3) is 0 Å². The number of urea groups is 1. The van der Waals surface area contributed by atoms with E-state index in [0.717, 1.165) is 11.4 Å². The van der Waals surface area contributed by atoms with Gasteiger partial charge in [0.25, 0.3) is 0 Å². The second-order valence-electron chi connectivity index (χ2n) is 6.75. The van der Waals surface area contributed by atoms with Crippen molar-refractivity contribution in [2.45, 2.75) is 26.2 Å². The molecule has 24 heavy (non-hydrogen) atoms. The van der Waals surface area contributed by atoms with Crippen molar-refractivity contribution in [1.29, 1.82) is 0 Å². The second-order valence-corrected chi connectivity index (χ2v) is 6.75. The number of anilines is 1. The van der Waals surface area contributed by atoms with Gasteiger partial charge in [-0.25, -0.2) is 4.79 Å². The van der Waals surface area contributed by atoms with E-state index in [4.69, 9.17) is 4.74 Å². The number of amides is 2. The zero-order valence-corrected chi connectivity index (χ0v) is 14.9. The standard InChI is InChI=1S/C20H26N2O2/c1-20(2,3)16-10-12-18(13-11-16)24-15-14-21-19(23)22(4)17-8-6-5-7-9-17/h5-13H,14-15H2,1-4H3,(H,21,23). The van der Waals surface area contributed by atoms with Gasteiger partial charge in [-0.3, -0.25) is 4.90 Å². The number of para-hydroxylation sites is 1. The summed E-state index contributed by atoms with van der Waals surface area (Å²) in [5.74, 6) is 0.814. The Hall–Kier alpha value is -2.49. The Morgan fingerprint density at radius 2 is 1.67 bits per heavy atom. The first-order chi connectivity index (χ1) is 11.4. The lowest BCUT2D eigenvalue weighted by Crippen LogP contribution is -2.39. The van der Waals surface area contributed by atoms with Gasteiger partial charge in [-0.2, -0.15) is 0 Å². The molecule has 0 bridgehead atoms. The van der Waals surface area contributed by atoms with E-state index in [1.807, 2.05) is 42.5 Å². The SMILES string of the molecule is CN(C(=O)NCCOc1ccc(C(C)(C)C)cc1)c1ccccc1. The first-order valence-corrected chi connectivity index (χ1v) is 8.18. The third-order valence-corrected chi connectivity index (χ3v) is 3.82. The number of nitrogens with zero attached hydrogens (tertiary/aromatic N) is 1. The van der Waals surface area contributed by atoms with Gasteiger partial charge in [-0.05, 0) is 35.2 Å². The summed E-state index contributed by atoms with van der Waals surface area (Å²) >= 11 is 0. The minimum atomic E-state index is -0.145. The van der Waals surface area contributed by atoms with E-state index in [-0.39, 0.29) is 11.4 Å². The lowest BCUT2D eigenvalue weighted by molar-refractivity contribution is 0.243. The van der Waals surface area contributed by atoms with E-state index in [0.29, 0.717) is 13.2 Å². The van der Waals surface area contributed by atoms with Crippen LogP contribution in [0.1, 0.15) is 26.3 Å². The third kappa shape index (κ3) is 5.01. The van der Waals surface area contributed by atoms with Gasteiger partial charge in [-0.1, -0.05) is 51.1 Å². The number of carbonyl (C=O) groups excluding carboxylic acids is 1. The number of carbonyl (C=O) groups is 1. The molecule has 0 aromatic heterocycles. The van der Waals surface area contributed by atoms with Crippen molar-refractivity contribution in [2.75, 3.05) is 25.1 Å². The van der Waals surface area contributed by atoms with Crippen LogP contribution in [-0.4, -0.2) is 26.2 Å². The molecule has 0 saturated carbocycles. The maximum Gasteiger partial charge on any atom is 0.321 e. The molecule has 2 aromatic rings. The highest BCUT2D eigenvalue weighted by Gasteiger charge is 2.13. The van der Waals surface area contributed by atoms with E-state index in [2.05, 4.69) is 38.2 Å². The molecule has 128 valence electrons. The lowest BCUT2D eigenvalue weighted by Gasteiger charge is -2.19. The fourth-order valence-corrected chi connectivity index (χ4v) is 2.27. The van der Waals surface area contributed by atoms with Crippen molar-refractivity contribution in [2.24, 2.45) is 0 Å². The van der Waals surface area contributed by atoms with Crippen LogP contribution < -0.4 is 15.0 Å². The maximum atomic E-state index is 12.1. The molecule has 0 unspecified atom stereocenters. The predicted molar refractivity (Wildman–Crippen MR) is 98.9 cm³/mol. The molecule has 0 radical (unpaired) electrons. The normalized spacial score (nSPS) is 11.0. The van der Waals surface area contributed by atoms with Gasteiger partial charge >= 0.3 is 6.03 Å². The van der Waals surface area contributed by atoms with Gasteiger partial charge in [0.15, 0.2) is 0 Å². The monoisotopic (exact) mass is 326 g/mol. The average molecular weight is 326 g/mol. The summed E-state index contributed by atoms with van der Waals surface area (Å²) in [7, 11) is 1.75. The van der Waals surface area contributed by atoms with Gasteiger partial charge < -0.3 is 10.1 Å². The number of nitrogens with one attached hydrogen (secondary N) is 1. The zero-order chi connectivity index (χ0) is 17.6. The molecule has 0 aliphatic carbocycles. The molecular formula is C20H26N2O2. The van der Waals surface area contributed by atoms with E-state index in [9.17, 15) is 4.79 Å². The number of rotatable bonds is 5. The molecular weight excluding hydrogens is 300 g/mol. The van der Waals surface area contributed by atoms with Crippen LogP contribution in [0.2, 0.25) is 0 Å². The molecule has 2 rings (SSSR count). The number of hydrogen-bond acceptors (Lipinski definition) is 2. The van der Waals surface area contributed by atoms with Crippen LogP contribution in [0.15, 0.2) is 54.6 Å². The Morgan fingerprint density at radius 3 is 2.25 bits per heavy atom. The number of benzene rings is 2. The van der Waals surface area contributed by atoms with Crippen LogP contribution in [0.5, 0.6) is 5.75 Å². The molecule has 0 spiro atoms. The van der Waals surface area contributed by atoms with E-state index in [1.54, 1.807) is 11.9 Å². The maximum absolute atomic E-state index is 12.1. The van der Waals surface area contributed by atoms with Crippen LogP contribution >= 0.6 is 0 Å². The Kier molecular flexibility index (Phi) is 5.85. The molecule has 4 nitrogen and oxygen atoms in total. The zero-order valence-electron chi connectivity index (χ0n) is 14.9. The summed E-state index contributed by atoms with van der Waals surface area (Å²) in [6, 6.07) is 17.5. The molecule has 0 fully saturated rings. The van der Waals surface area contributed by atoms with E-state index in [1.165, 1.54) is 5.56 Å². The van der Waals surface area contributed by atoms with Crippen LogP contribution in [0, 0.1) is 0 Å². The molecule has 2 amide bonds. The first-order valence-electron chi connectivity index (χ1n) is 8.18. The highest BCUT2D eigenvalue weighted by atomic mass is 16.5. The van der Waals surface area contributed by atoms with Gasteiger partial charge in [0.2, 0.25) is 0 Å². The largest absolute Gasteiger partial charge is 0.492 e. The molecule has 0 saturated heterocycles. The Labute approximate surface area is 144 Å². The Morgan fingerprint density at radius 1 is 1.04 bits per heavy atom. The minimum Gasteiger partial charge on any atom is -0.492 e. The summed E-state index contributed by atoms with van der Waals surface area (Å²) in [6.45, 7) is 7.44. The molecule has 4 heteroatoms. The average Bonchev–Trinajstić information content (AvgIpc) is 2.58. The predicted octanol–water partition coefficient (Wildman–Crippen LogP) is 4.21. The lowest BCUT2D eigenvalue weighted by atomic mass is 9.87.